The molecule has 1 aromatic rings. The van der Waals surface area contributed by atoms with E-state index < -0.39 is 16.6 Å². The maximum atomic E-state index is 12.5. The van der Waals surface area contributed by atoms with Crippen molar-refractivity contribution < 1.29 is 18.4 Å². The largest absolute Gasteiger partial charge is 0.543 e. The van der Waals surface area contributed by atoms with Crippen molar-refractivity contribution in [2.24, 2.45) is 0 Å². The summed E-state index contributed by atoms with van der Waals surface area (Å²) in [6.45, 7) is 24.0. The molecule has 0 aliphatic heterocycles. The van der Waals surface area contributed by atoms with Gasteiger partial charge in [0.05, 0.1) is 16.6 Å². The summed E-state index contributed by atoms with van der Waals surface area (Å²) in [6.07, 6.45) is 0. The number of carbonyl (C=O) groups is 1. The Morgan fingerprint density at radius 2 is 1.25 bits per heavy atom. The van der Waals surface area contributed by atoms with Gasteiger partial charge in [-0.05, 0) is 71.3 Å². The van der Waals surface area contributed by atoms with E-state index >= 15 is 0 Å². The molecule has 0 atom stereocenters. The highest BCUT2D eigenvalue weighted by Gasteiger charge is 2.41. The molecule has 0 N–H and O–H groups in total. The van der Waals surface area contributed by atoms with Crippen LogP contribution in [0.2, 0.25) is 36.3 Å². The third-order valence-corrected chi connectivity index (χ3v) is 15.3. The monoisotopic (exact) mass is 488 g/mol. The van der Waals surface area contributed by atoms with Crippen LogP contribution in [-0.2, 0) is 4.74 Å². The van der Waals surface area contributed by atoms with E-state index in [4.69, 9.17) is 13.6 Å². The number of rotatable bonds is 6. The van der Waals surface area contributed by atoms with Crippen LogP contribution >= 0.6 is 15.9 Å². The predicted octanol–water partition coefficient (Wildman–Crippen LogP) is 7.39. The van der Waals surface area contributed by atoms with Crippen LogP contribution in [0.1, 0.15) is 58.8 Å². The smallest absolute Gasteiger partial charge is 0.338 e. The Bertz CT molecular complexity index is 667. The Balaban J connectivity index is 3.52. The minimum atomic E-state index is -2.10. The van der Waals surface area contributed by atoms with E-state index in [0.29, 0.717) is 23.7 Å². The lowest BCUT2D eigenvalue weighted by atomic mass is 10.2. The first-order valence-corrected chi connectivity index (χ1v) is 16.4. The predicted molar refractivity (Wildman–Crippen MR) is 126 cm³/mol. The molecule has 0 fully saturated rings. The van der Waals surface area contributed by atoms with Gasteiger partial charge in [-0.2, -0.15) is 0 Å². The summed E-state index contributed by atoms with van der Waals surface area (Å²) in [5.74, 6) is 0.923. The molecule has 0 aromatic heterocycles. The molecule has 0 aliphatic carbocycles. The zero-order chi connectivity index (χ0) is 22.1. The average molecular weight is 490 g/mol. The number of esters is 1. The van der Waals surface area contributed by atoms with Gasteiger partial charge in [-0.3, -0.25) is 0 Å². The summed E-state index contributed by atoms with van der Waals surface area (Å²) < 4.78 is 19.0. The maximum absolute atomic E-state index is 12.5. The van der Waals surface area contributed by atoms with Gasteiger partial charge in [0.25, 0.3) is 16.6 Å². The summed E-state index contributed by atoms with van der Waals surface area (Å²) in [4.78, 5) is 12.5. The molecule has 0 unspecified atom stereocenters. The molecule has 1 aromatic carbocycles. The van der Waals surface area contributed by atoms with Gasteiger partial charge in [0.15, 0.2) is 0 Å². The van der Waals surface area contributed by atoms with Gasteiger partial charge in [-0.1, -0.05) is 41.5 Å². The molecule has 0 amide bonds. The first-order valence-electron chi connectivity index (χ1n) is 9.81. The SMILES string of the molecule is CCOC(=O)c1cc(O[Si](C)(C)C(C)(C)C)c(Br)c(O[Si](C)(C)C(C)(C)C)c1. The molecule has 0 bridgehead atoms. The van der Waals surface area contributed by atoms with Crippen LogP contribution in [0.5, 0.6) is 11.5 Å². The van der Waals surface area contributed by atoms with Crippen LogP contribution in [-0.4, -0.2) is 29.2 Å². The Labute approximate surface area is 181 Å². The fourth-order valence-electron chi connectivity index (χ4n) is 1.91. The highest BCUT2D eigenvalue weighted by atomic mass is 79.9. The van der Waals surface area contributed by atoms with E-state index in [2.05, 4.69) is 83.7 Å². The van der Waals surface area contributed by atoms with E-state index in [0.717, 1.165) is 4.47 Å². The van der Waals surface area contributed by atoms with Gasteiger partial charge >= 0.3 is 5.97 Å². The van der Waals surface area contributed by atoms with Crippen molar-refractivity contribution in [3.05, 3.63) is 22.2 Å². The lowest BCUT2D eigenvalue weighted by molar-refractivity contribution is 0.0525. The second kappa shape index (κ2) is 8.52. The molecule has 4 nitrogen and oxygen atoms in total. The third-order valence-electron chi connectivity index (χ3n) is 5.86. The summed E-state index contributed by atoms with van der Waals surface area (Å²) >= 11 is 3.68. The van der Waals surface area contributed by atoms with Gasteiger partial charge in [-0.15, -0.1) is 0 Å². The summed E-state index contributed by atoms with van der Waals surface area (Å²) in [6, 6.07) is 3.53. The highest BCUT2D eigenvalue weighted by Crippen LogP contribution is 2.45. The van der Waals surface area contributed by atoms with Crippen LogP contribution in [0.25, 0.3) is 0 Å². The molecule has 0 aliphatic rings. The van der Waals surface area contributed by atoms with Gasteiger partial charge in [-0.25, -0.2) is 4.79 Å². The molecule has 0 saturated heterocycles. The molecule has 0 saturated carbocycles. The minimum Gasteiger partial charge on any atom is -0.543 e. The Morgan fingerprint density at radius 3 is 1.54 bits per heavy atom. The highest BCUT2D eigenvalue weighted by molar-refractivity contribution is 9.10. The average Bonchev–Trinajstić information content (AvgIpc) is 2.48. The van der Waals surface area contributed by atoms with Crippen LogP contribution in [0.4, 0.5) is 0 Å². The maximum Gasteiger partial charge on any atom is 0.338 e. The number of halogens is 1. The second-order valence-corrected chi connectivity index (χ2v) is 20.5. The molecule has 0 radical (unpaired) electrons. The van der Waals surface area contributed by atoms with Crippen molar-refractivity contribution in [2.45, 2.75) is 84.7 Å². The zero-order valence-corrected chi connectivity index (χ0v) is 23.0. The van der Waals surface area contributed by atoms with Gasteiger partial charge < -0.3 is 13.6 Å². The van der Waals surface area contributed by atoms with Gasteiger partial charge in [0.1, 0.15) is 11.5 Å². The van der Waals surface area contributed by atoms with Crippen molar-refractivity contribution in [3.63, 3.8) is 0 Å². The Kier molecular flexibility index (Phi) is 7.68. The van der Waals surface area contributed by atoms with Crippen LogP contribution in [0.15, 0.2) is 16.6 Å². The van der Waals surface area contributed by atoms with Crippen molar-refractivity contribution in [2.75, 3.05) is 6.61 Å². The molecular formula is C21H37BrO4Si2. The Hall–Kier alpha value is -0.796. The van der Waals surface area contributed by atoms with Crippen molar-refractivity contribution >= 4 is 38.5 Å². The van der Waals surface area contributed by atoms with Crippen molar-refractivity contribution in [1.29, 1.82) is 0 Å². The van der Waals surface area contributed by atoms with Crippen LogP contribution in [0.3, 0.4) is 0 Å². The van der Waals surface area contributed by atoms with Crippen molar-refractivity contribution in [1.82, 2.24) is 0 Å². The summed E-state index contributed by atoms with van der Waals surface area (Å²) in [5, 5.41) is 0.0691. The second-order valence-electron chi connectivity index (χ2n) is 10.2. The van der Waals surface area contributed by atoms with E-state index in [1.54, 1.807) is 19.1 Å². The molecule has 1 rings (SSSR count). The van der Waals surface area contributed by atoms with Crippen LogP contribution in [0, 0.1) is 0 Å². The number of ether oxygens (including phenoxy) is 1. The molecular weight excluding hydrogens is 452 g/mol. The van der Waals surface area contributed by atoms with Gasteiger partial charge in [0, 0.05) is 0 Å². The minimum absolute atomic E-state index is 0.0345. The normalized spacial score (nSPS) is 13.3. The number of hydrogen-bond acceptors (Lipinski definition) is 4. The van der Waals surface area contributed by atoms with E-state index in [9.17, 15) is 4.79 Å². The summed E-state index contributed by atoms with van der Waals surface area (Å²) in [5.41, 5.74) is 0.451. The fraction of sp³-hybridized carbons (Fsp3) is 0.667. The first kappa shape index (κ1) is 25.2. The Morgan fingerprint density at radius 1 is 0.893 bits per heavy atom. The molecule has 7 heteroatoms. The van der Waals surface area contributed by atoms with E-state index in [-0.39, 0.29) is 16.0 Å². The third kappa shape index (κ3) is 5.86. The molecule has 160 valence electrons. The summed E-state index contributed by atoms with van der Waals surface area (Å²) in [7, 11) is -4.20. The van der Waals surface area contributed by atoms with Gasteiger partial charge in [0.2, 0.25) is 0 Å². The van der Waals surface area contributed by atoms with E-state index in [1.165, 1.54) is 0 Å². The lowest BCUT2D eigenvalue weighted by Crippen LogP contribution is -2.44. The topological polar surface area (TPSA) is 44.8 Å². The molecule has 0 spiro atoms. The zero-order valence-electron chi connectivity index (χ0n) is 19.4. The number of carbonyl (C=O) groups excluding carboxylic acids is 1. The lowest BCUT2D eigenvalue weighted by Gasteiger charge is -2.38. The van der Waals surface area contributed by atoms with Crippen molar-refractivity contribution in [3.8, 4) is 11.5 Å². The first-order chi connectivity index (χ1) is 12.4. The fourth-order valence-corrected chi connectivity index (χ4v) is 4.63. The van der Waals surface area contributed by atoms with Crippen LogP contribution < -0.4 is 8.85 Å². The number of benzene rings is 1. The molecule has 28 heavy (non-hydrogen) atoms. The molecule has 0 heterocycles. The number of hydrogen-bond donors (Lipinski definition) is 0. The standard InChI is InChI=1S/C21H37BrO4Si2/c1-12-24-19(23)15-13-16(25-27(8,9)20(2,3)4)18(22)17(14-15)26-28(10,11)21(5,6)7/h13-14H,12H2,1-11H3. The quantitative estimate of drug-likeness (QED) is 0.309. The van der Waals surface area contributed by atoms with E-state index in [1.807, 2.05) is 0 Å².